The molecule has 0 bridgehead atoms. The lowest BCUT2D eigenvalue weighted by Gasteiger charge is -2.36. The SMILES string of the molecule is C[SiH](C)C1CCC([Si](C)(C)C)CC1. The van der Waals surface area contributed by atoms with Crippen LogP contribution < -0.4 is 0 Å². The van der Waals surface area contributed by atoms with E-state index >= 15 is 0 Å². The highest BCUT2D eigenvalue weighted by Crippen LogP contribution is 2.42. The third-order valence-corrected chi connectivity index (χ3v) is 9.52. The molecule has 0 spiro atoms. The molecular formula is C11H26Si2. The maximum atomic E-state index is 2.55. The highest BCUT2D eigenvalue weighted by atomic mass is 28.3. The minimum atomic E-state index is -0.805. The Morgan fingerprint density at radius 1 is 0.923 bits per heavy atom. The van der Waals surface area contributed by atoms with Crippen molar-refractivity contribution in [2.45, 2.75) is 69.5 Å². The zero-order chi connectivity index (χ0) is 10.1. The van der Waals surface area contributed by atoms with Gasteiger partial charge in [-0.15, -0.1) is 0 Å². The van der Waals surface area contributed by atoms with Crippen LogP contribution in [0.4, 0.5) is 0 Å². The van der Waals surface area contributed by atoms with Crippen LogP contribution in [0.5, 0.6) is 0 Å². The predicted molar refractivity (Wildman–Crippen MR) is 68.2 cm³/mol. The van der Waals surface area contributed by atoms with Crippen LogP contribution in [-0.2, 0) is 0 Å². The predicted octanol–water partition coefficient (Wildman–Crippen LogP) is 4.13. The zero-order valence-electron chi connectivity index (χ0n) is 10.1. The third-order valence-electron chi connectivity index (χ3n) is 3.94. The Labute approximate surface area is 86.7 Å². The molecule has 0 nitrogen and oxygen atoms in total. The monoisotopic (exact) mass is 214 g/mol. The quantitative estimate of drug-likeness (QED) is 0.607. The molecule has 1 aliphatic carbocycles. The van der Waals surface area contributed by atoms with Gasteiger partial charge in [0.05, 0.1) is 0 Å². The molecule has 0 aromatic carbocycles. The summed E-state index contributed by atoms with van der Waals surface area (Å²) in [6.45, 7) is 12.7. The van der Waals surface area contributed by atoms with Gasteiger partial charge in [-0.2, -0.15) is 0 Å². The fourth-order valence-corrected chi connectivity index (χ4v) is 6.44. The van der Waals surface area contributed by atoms with Crippen molar-refractivity contribution in [2.75, 3.05) is 0 Å². The van der Waals surface area contributed by atoms with Gasteiger partial charge in [0.2, 0.25) is 0 Å². The zero-order valence-corrected chi connectivity index (χ0v) is 12.2. The van der Waals surface area contributed by atoms with Crippen LogP contribution in [0, 0.1) is 0 Å². The van der Waals surface area contributed by atoms with Gasteiger partial charge in [-0.3, -0.25) is 0 Å². The molecule has 1 rings (SSSR count). The summed E-state index contributed by atoms with van der Waals surface area (Å²) in [5, 5.41) is 0. The maximum Gasteiger partial charge on any atom is 0.0473 e. The second kappa shape index (κ2) is 4.30. The largest absolute Gasteiger partial charge is 0.0720 e. The average molecular weight is 215 g/mol. The second-order valence-corrected chi connectivity index (χ2v) is 15.2. The van der Waals surface area contributed by atoms with Crippen LogP contribution in [0.2, 0.25) is 43.8 Å². The van der Waals surface area contributed by atoms with E-state index in [4.69, 9.17) is 0 Å². The first kappa shape index (κ1) is 11.5. The number of hydrogen-bond donors (Lipinski definition) is 0. The summed E-state index contributed by atoms with van der Waals surface area (Å²) >= 11 is 0. The van der Waals surface area contributed by atoms with Gasteiger partial charge in [0.15, 0.2) is 0 Å². The van der Waals surface area contributed by atoms with E-state index in [0.717, 1.165) is 5.54 Å². The Morgan fingerprint density at radius 3 is 1.69 bits per heavy atom. The van der Waals surface area contributed by atoms with Crippen molar-refractivity contribution in [1.29, 1.82) is 0 Å². The average Bonchev–Trinajstić information content (AvgIpc) is 2.03. The Bertz CT molecular complexity index is 150. The molecule has 1 saturated carbocycles. The van der Waals surface area contributed by atoms with Crippen molar-refractivity contribution < 1.29 is 0 Å². The highest BCUT2D eigenvalue weighted by Gasteiger charge is 2.31. The van der Waals surface area contributed by atoms with Crippen LogP contribution in [0.15, 0.2) is 0 Å². The van der Waals surface area contributed by atoms with E-state index in [2.05, 4.69) is 32.7 Å². The van der Waals surface area contributed by atoms with E-state index in [-0.39, 0.29) is 8.80 Å². The standard InChI is InChI=1S/C11H26Si2/c1-12(2)10-6-8-11(9-7-10)13(3,4)5/h10-12H,6-9H2,1-5H3. The lowest BCUT2D eigenvalue weighted by Crippen LogP contribution is -2.32. The second-order valence-electron chi connectivity index (χ2n) is 6.22. The molecule has 1 fully saturated rings. The summed E-state index contributed by atoms with van der Waals surface area (Å²) in [5.41, 5.74) is 2.31. The fraction of sp³-hybridized carbons (Fsp3) is 1.00. The molecule has 1 aliphatic rings. The summed E-state index contributed by atoms with van der Waals surface area (Å²) < 4.78 is 0. The van der Waals surface area contributed by atoms with E-state index in [9.17, 15) is 0 Å². The summed E-state index contributed by atoms with van der Waals surface area (Å²) in [4.78, 5) is 0. The molecule has 0 aromatic heterocycles. The molecule has 2 heteroatoms. The Kier molecular flexibility index (Phi) is 3.81. The Balaban J connectivity index is 2.39. The van der Waals surface area contributed by atoms with Crippen molar-refractivity contribution in [2.24, 2.45) is 0 Å². The molecule has 0 unspecified atom stereocenters. The lowest BCUT2D eigenvalue weighted by atomic mass is 9.99. The molecule has 78 valence electrons. The smallest absolute Gasteiger partial charge is 0.0473 e. The van der Waals surface area contributed by atoms with Crippen LogP contribution in [0.25, 0.3) is 0 Å². The van der Waals surface area contributed by atoms with Gasteiger partial charge < -0.3 is 0 Å². The maximum absolute atomic E-state index is 2.55. The molecule has 0 aromatic rings. The first-order valence-electron chi connectivity index (χ1n) is 5.91. The molecule has 13 heavy (non-hydrogen) atoms. The summed E-state index contributed by atoms with van der Waals surface area (Å²) in [6, 6.07) is 0. The fourth-order valence-electron chi connectivity index (χ4n) is 2.65. The molecule has 0 aliphatic heterocycles. The van der Waals surface area contributed by atoms with Gasteiger partial charge >= 0.3 is 0 Å². The summed E-state index contributed by atoms with van der Waals surface area (Å²) in [7, 11) is -1.12. The third kappa shape index (κ3) is 3.24. The van der Waals surface area contributed by atoms with Crippen molar-refractivity contribution >= 4 is 16.9 Å². The first-order valence-corrected chi connectivity index (χ1v) is 12.5. The summed E-state index contributed by atoms with van der Waals surface area (Å²) in [5.74, 6) is 0. The van der Waals surface area contributed by atoms with Crippen molar-refractivity contribution in [1.82, 2.24) is 0 Å². The van der Waals surface area contributed by atoms with E-state index in [1.807, 2.05) is 0 Å². The molecule has 0 radical (unpaired) electrons. The van der Waals surface area contributed by atoms with E-state index in [1.54, 1.807) is 25.7 Å². The van der Waals surface area contributed by atoms with Gasteiger partial charge in [-0.25, -0.2) is 0 Å². The highest BCUT2D eigenvalue weighted by molar-refractivity contribution is 6.77. The van der Waals surface area contributed by atoms with E-state index < -0.39 is 8.07 Å². The number of hydrogen-bond acceptors (Lipinski definition) is 0. The van der Waals surface area contributed by atoms with Crippen molar-refractivity contribution in [3.63, 3.8) is 0 Å². The van der Waals surface area contributed by atoms with Gasteiger partial charge in [0.25, 0.3) is 0 Å². The first-order chi connectivity index (χ1) is 5.91. The van der Waals surface area contributed by atoms with Crippen LogP contribution in [0.1, 0.15) is 25.7 Å². The topological polar surface area (TPSA) is 0 Å². The minimum Gasteiger partial charge on any atom is -0.0720 e. The number of rotatable bonds is 2. The normalized spacial score (nSPS) is 30.9. The molecule has 0 heterocycles. The Hall–Kier alpha value is 0.434. The van der Waals surface area contributed by atoms with E-state index in [1.165, 1.54) is 5.54 Å². The molecule has 0 saturated heterocycles. The molecule has 0 N–H and O–H groups in total. The molecular weight excluding hydrogens is 188 g/mol. The summed E-state index contributed by atoms with van der Waals surface area (Å²) in [6.07, 6.45) is 6.26. The van der Waals surface area contributed by atoms with Crippen LogP contribution in [-0.4, -0.2) is 16.9 Å². The molecule has 0 amide bonds. The van der Waals surface area contributed by atoms with Gasteiger partial charge in [-0.1, -0.05) is 58.4 Å². The van der Waals surface area contributed by atoms with Crippen LogP contribution >= 0.6 is 0 Å². The van der Waals surface area contributed by atoms with Gasteiger partial charge in [0, 0.05) is 16.9 Å². The van der Waals surface area contributed by atoms with Crippen molar-refractivity contribution in [3.05, 3.63) is 0 Å². The van der Waals surface area contributed by atoms with Crippen molar-refractivity contribution in [3.8, 4) is 0 Å². The van der Waals surface area contributed by atoms with Gasteiger partial charge in [-0.05, 0) is 11.1 Å². The van der Waals surface area contributed by atoms with Crippen LogP contribution in [0.3, 0.4) is 0 Å². The lowest BCUT2D eigenvalue weighted by molar-refractivity contribution is 0.486. The Morgan fingerprint density at radius 2 is 1.38 bits per heavy atom. The van der Waals surface area contributed by atoms with E-state index in [0.29, 0.717) is 0 Å². The van der Waals surface area contributed by atoms with Gasteiger partial charge in [0.1, 0.15) is 0 Å². The molecule has 0 atom stereocenters. The minimum absolute atomic E-state index is 0.318.